The smallest absolute Gasteiger partial charge is 0.330 e. The van der Waals surface area contributed by atoms with Gasteiger partial charge in [-0.25, -0.2) is 4.79 Å². The average Bonchev–Trinajstić information content (AvgIpc) is 2.10. The molecule has 0 fully saturated rings. The van der Waals surface area contributed by atoms with E-state index in [4.69, 9.17) is 0 Å². The third kappa shape index (κ3) is 8.79. The predicted octanol–water partition coefficient (Wildman–Crippen LogP) is 1.86. The predicted molar refractivity (Wildman–Crippen MR) is 50.3 cm³/mol. The number of ether oxygens (including phenoxy) is 1. The first-order valence-corrected chi connectivity index (χ1v) is 4.40. The lowest BCUT2D eigenvalue weighted by molar-refractivity contribution is -0.134. The van der Waals surface area contributed by atoms with Crippen LogP contribution in [0.3, 0.4) is 0 Å². The first-order chi connectivity index (χ1) is 6.16. The topological polar surface area (TPSA) is 43.4 Å². The Hall–Kier alpha value is -1.12. The minimum Gasteiger partial charge on any atom is -0.466 e. The number of unbranched alkanes of at least 4 members (excludes halogenated alkanes) is 2. The summed E-state index contributed by atoms with van der Waals surface area (Å²) in [6.45, 7) is 1.59. The van der Waals surface area contributed by atoms with Gasteiger partial charge in [0.15, 0.2) is 0 Å². The van der Waals surface area contributed by atoms with Gasteiger partial charge in [0.1, 0.15) is 5.78 Å². The van der Waals surface area contributed by atoms with Crippen LogP contribution >= 0.6 is 0 Å². The zero-order valence-electron chi connectivity index (χ0n) is 8.21. The lowest BCUT2D eigenvalue weighted by Crippen LogP contribution is -1.93. The lowest BCUT2D eigenvalue weighted by Gasteiger charge is -1.93. The van der Waals surface area contributed by atoms with E-state index < -0.39 is 0 Å². The summed E-state index contributed by atoms with van der Waals surface area (Å²) >= 11 is 0. The van der Waals surface area contributed by atoms with Crippen LogP contribution in [0, 0.1) is 0 Å². The molecule has 3 nitrogen and oxygen atoms in total. The highest BCUT2D eigenvalue weighted by molar-refractivity contribution is 5.81. The van der Waals surface area contributed by atoms with E-state index >= 15 is 0 Å². The van der Waals surface area contributed by atoms with Crippen molar-refractivity contribution in [2.45, 2.75) is 32.6 Å². The van der Waals surface area contributed by atoms with Crippen LogP contribution in [-0.4, -0.2) is 18.9 Å². The molecule has 0 saturated carbocycles. The van der Waals surface area contributed by atoms with Gasteiger partial charge in [0.05, 0.1) is 7.11 Å². The Morgan fingerprint density at radius 3 is 2.54 bits per heavy atom. The molecule has 0 radical (unpaired) electrons. The fraction of sp³-hybridized carbons (Fsp3) is 0.600. The molecule has 0 rings (SSSR count). The van der Waals surface area contributed by atoms with Crippen molar-refractivity contribution in [2.75, 3.05) is 7.11 Å². The Balaban J connectivity index is 3.30. The van der Waals surface area contributed by atoms with Crippen molar-refractivity contribution in [1.29, 1.82) is 0 Å². The van der Waals surface area contributed by atoms with Gasteiger partial charge in [0.25, 0.3) is 0 Å². The van der Waals surface area contributed by atoms with Crippen molar-refractivity contribution < 1.29 is 14.3 Å². The van der Waals surface area contributed by atoms with Gasteiger partial charge >= 0.3 is 5.97 Å². The second-order valence-corrected chi connectivity index (χ2v) is 2.87. The summed E-state index contributed by atoms with van der Waals surface area (Å²) in [6.07, 6.45) is 6.46. The molecule has 0 aromatic carbocycles. The Bertz CT molecular complexity index is 194. The number of hydrogen-bond donors (Lipinski definition) is 0. The number of ketones is 1. The van der Waals surface area contributed by atoms with E-state index in [9.17, 15) is 9.59 Å². The largest absolute Gasteiger partial charge is 0.466 e. The first-order valence-electron chi connectivity index (χ1n) is 4.40. The molecule has 0 spiro atoms. The summed E-state index contributed by atoms with van der Waals surface area (Å²) in [5.74, 6) is -0.108. The highest BCUT2D eigenvalue weighted by Gasteiger charge is 1.93. The molecular weight excluding hydrogens is 168 g/mol. The molecule has 0 aliphatic heterocycles. The fourth-order valence-electron chi connectivity index (χ4n) is 0.884. The SMILES string of the molecule is COC(=O)/C=C\CCCCC(C)=O. The molecule has 0 heterocycles. The third-order valence-corrected chi connectivity index (χ3v) is 1.60. The van der Waals surface area contributed by atoms with E-state index in [1.165, 1.54) is 13.2 Å². The van der Waals surface area contributed by atoms with Gasteiger partial charge < -0.3 is 9.53 Å². The van der Waals surface area contributed by atoms with Gasteiger partial charge in [-0.05, 0) is 26.2 Å². The Labute approximate surface area is 78.8 Å². The summed E-state index contributed by atoms with van der Waals surface area (Å²) in [4.78, 5) is 21.1. The maximum atomic E-state index is 10.6. The molecule has 74 valence electrons. The highest BCUT2D eigenvalue weighted by Crippen LogP contribution is 2.01. The monoisotopic (exact) mass is 184 g/mol. The summed E-state index contributed by atoms with van der Waals surface area (Å²) in [6, 6.07) is 0. The van der Waals surface area contributed by atoms with Crippen molar-refractivity contribution in [1.82, 2.24) is 0 Å². The van der Waals surface area contributed by atoms with Crippen LogP contribution in [0.5, 0.6) is 0 Å². The molecule has 0 atom stereocenters. The Kier molecular flexibility index (Phi) is 6.88. The standard InChI is InChI=1S/C10H16O3/c1-9(11)7-5-3-4-6-8-10(12)13-2/h6,8H,3-5,7H2,1-2H3/b8-6-. The minimum atomic E-state index is -0.327. The van der Waals surface area contributed by atoms with Crippen molar-refractivity contribution in [3.8, 4) is 0 Å². The van der Waals surface area contributed by atoms with Crippen molar-refractivity contribution in [3.63, 3.8) is 0 Å². The zero-order valence-corrected chi connectivity index (χ0v) is 8.21. The van der Waals surface area contributed by atoms with Crippen molar-refractivity contribution >= 4 is 11.8 Å². The normalized spacial score (nSPS) is 10.3. The minimum absolute atomic E-state index is 0.219. The van der Waals surface area contributed by atoms with E-state index in [1.807, 2.05) is 0 Å². The van der Waals surface area contributed by atoms with Gasteiger partial charge in [0.2, 0.25) is 0 Å². The zero-order chi connectivity index (χ0) is 10.1. The third-order valence-electron chi connectivity index (χ3n) is 1.60. The number of allylic oxidation sites excluding steroid dienone is 1. The second-order valence-electron chi connectivity index (χ2n) is 2.87. The molecule has 0 aliphatic rings. The summed E-state index contributed by atoms with van der Waals surface area (Å²) < 4.78 is 4.42. The maximum absolute atomic E-state index is 10.6. The number of rotatable bonds is 6. The highest BCUT2D eigenvalue weighted by atomic mass is 16.5. The van der Waals surface area contributed by atoms with E-state index in [2.05, 4.69) is 4.74 Å². The molecule has 0 saturated heterocycles. The molecule has 0 bridgehead atoms. The van der Waals surface area contributed by atoms with E-state index in [1.54, 1.807) is 13.0 Å². The number of methoxy groups -OCH3 is 1. The number of hydrogen-bond acceptors (Lipinski definition) is 3. The van der Waals surface area contributed by atoms with E-state index in [-0.39, 0.29) is 11.8 Å². The molecule has 0 aromatic heterocycles. The van der Waals surface area contributed by atoms with Crippen molar-refractivity contribution in [2.24, 2.45) is 0 Å². The van der Waals surface area contributed by atoms with Crippen LogP contribution in [-0.2, 0) is 14.3 Å². The van der Waals surface area contributed by atoms with Gasteiger partial charge in [-0.3, -0.25) is 0 Å². The van der Waals surface area contributed by atoms with Gasteiger partial charge in [-0.15, -0.1) is 0 Å². The fourth-order valence-corrected chi connectivity index (χ4v) is 0.884. The molecule has 13 heavy (non-hydrogen) atoms. The summed E-state index contributed by atoms with van der Waals surface area (Å²) in [7, 11) is 1.35. The van der Waals surface area contributed by atoms with Crippen LogP contribution in [0.15, 0.2) is 12.2 Å². The maximum Gasteiger partial charge on any atom is 0.330 e. The number of carbonyl (C=O) groups is 2. The second kappa shape index (κ2) is 7.53. The molecule has 3 heteroatoms. The van der Waals surface area contributed by atoms with Crippen LogP contribution in [0.1, 0.15) is 32.6 Å². The summed E-state index contributed by atoms with van der Waals surface area (Å²) in [5.41, 5.74) is 0. The number of Topliss-reactive ketones (excluding diaryl/α,β-unsaturated/α-hetero) is 1. The van der Waals surface area contributed by atoms with Crippen LogP contribution in [0.2, 0.25) is 0 Å². The average molecular weight is 184 g/mol. The van der Waals surface area contributed by atoms with E-state index in [0.717, 1.165) is 19.3 Å². The van der Waals surface area contributed by atoms with Crippen LogP contribution < -0.4 is 0 Å². The van der Waals surface area contributed by atoms with Crippen LogP contribution in [0.4, 0.5) is 0 Å². The Morgan fingerprint density at radius 2 is 2.00 bits per heavy atom. The molecule has 0 N–H and O–H groups in total. The first kappa shape index (κ1) is 11.9. The molecule has 0 amide bonds. The molecular formula is C10H16O3. The molecule has 0 aromatic rings. The Morgan fingerprint density at radius 1 is 1.31 bits per heavy atom. The molecule has 0 aliphatic carbocycles. The van der Waals surface area contributed by atoms with Gasteiger partial charge in [0, 0.05) is 12.5 Å². The lowest BCUT2D eigenvalue weighted by atomic mass is 10.1. The van der Waals surface area contributed by atoms with Crippen LogP contribution in [0.25, 0.3) is 0 Å². The summed E-state index contributed by atoms with van der Waals surface area (Å²) in [5, 5.41) is 0. The quantitative estimate of drug-likeness (QED) is 0.359. The molecule has 0 unspecified atom stereocenters. The number of carbonyl (C=O) groups excluding carboxylic acids is 2. The van der Waals surface area contributed by atoms with Gasteiger partial charge in [-0.1, -0.05) is 6.08 Å². The van der Waals surface area contributed by atoms with Gasteiger partial charge in [-0.2, -0.15) is 0 Å². The van der Waals surface area contributed by atoms with E-state index in [0.29, 0.717) is 6.42 Å². The van der Waals surface area contributed by atoms with Crippen molar-refractivity contribution in [3.05, 3.63) is 12.2 Å². The number of esters is 1.